The Labute approximate surface area is 252 Å². The van der Waals surface area contributed by atoms with Gasteiger partial charge in [-0.15, -0.1) is 0 Å². The molecule has 0 spiro atoms. The molecule has 0 saturated carbocycles. The topological polar surface area (TPSA) is 145 Å². The van der Waals surface area contributed by atoms with Crippen molar-refractivity contribution in [2.75, 3.05) is 20.1 Å². The number of benzene rings is 3. The van der Waals surface area contributed by atoms with E-state index in [0.717, 1.165) is 25.7 Å². The van der Waals surface area contributed by atoms with Gasteiger partial charge in [0.15, 0.2) is 0 Å². The molecular formula is C32H38FN5O4S. The molecule has 0 aromatic heterocycles. The third kappa shape index (κ3) is 8.48. The summed E-state index contributed by atoms with van der Waals surface area (Å²) in [6.07, 6.45) is 3.73. The van der Waals surface area contributed by atoms with Gasteiger partial charge in [-0.1, -0.05) is 48.5 Å². The zero-order valence-corrected chi connectivity index (χ0v) is 25.0. The number of carbonyl (C=O) groups is 2. The third-order valence-electron chi connectivity index (χ3n) is 7.82. The summed E-state index contributed by atoms with van der Waals surface area (Å²) in [5.74, 6) is -0.548. The van der Waals surface area contributed by atoms with Crippen LogP contribution in [0.1, 0.15) is 43.2 Å². The van der Waals surface area contributed by atoms with Gasteiger partial charge >= 0.3 is 0 Å². The first kappa shape index (κ1) is 31.8. The van der Waals surface area contributed by atoms with Crippen LogP contribution in [0.3, 0.4) is 0 Å². The molecule has 9 nitrogen and oxygen atoms in total. The Morgan fingerprint density at radius 3 is 2.47 bits per heavy atom. The summed E-state index contributed by atoms with van der Waals surface area (Å²) < 4.78 is 44.4. The van der Waals surface area contributed by atoms with Crippen molar-refractivity contribution in [2.24, 2.45) is 11.7 Å². The first-order valence-corrected chi connectivity index (χ1v) is 15.9. The number of carbonyl (C=O) groups excluding carboxylic acids is 2. The molecule has 43 heavy (non-hydrogen) atoms. The number of nitrogens with two attached hydrogens (primary N) is 1. The molecule has 0 unspecified atom stereocenters. The Morgan fingerprint density at radius 2 is 1.77 bits per heavy atom. The zero-order chi connectivity index (χ0) is 31.0. The van der Waals surface area contributed by atoms with Crippen LogP contribution in [0.4, 0.5) is 4.39 Å². The molecule has 1 atom stereocenters. The van der Waals surface area contributed by atoms with E-state index < -0.39 is 21.9 Å². The van der Waals surface area contributed by atoms with Crippen LogP contribution in [0.15, 0.2) is 77.7 Å². The van der Waals surface area contributed by atoms with Crippen molar-refractivity contribution in [3.63, 3.8) is 0 Å². The second-order valence-electron chi connectivity index (χ2n) is 10.8. The SMILES string of the molecule is CNC(=O)CCCC1CCN(C(=O)[C@H](Cc2cccc(C(=N)N)c2)NS(=O)(=O)c2cccc(-c3ccccc3F)c2)CC1. The fourth-order valence-electron chi connectivity index (χ4n) is 5.40. The number of nitrogens with zero attached hydrogens (tertiary/aromatic N) is 1. The van der Waals surface area contributed by atoms with Crippen molar-refractivity contribution in [3.8, 4) is 11.1 Å². The summed E-state index contributed by atoms with van der Waals surface area (Å²) in [7, 11) is -2.57. The predicted molar refractivity (Wildman–Crippen MR) is 164 cm³/mol. The summed E-state index contributed by atoms with van der Waals surface area (Å²) in [5, 5.41) is 10.4. The lowest BCUT2D eigenvalue weighted by molar-refractivity contribution is -0.134. The maximum absolute atomic E-state index is 14.4. The van der Waals surface area contributed by atoms with Crippen molar-refractivity contribution in [1.29, 1.82) is 5.41 Å². The van der Waals surface area contributed by atoms with E-state index in [9.17, 15) is 22.4 Å². The Bertz CT molecular complexity index is 1570. The van der Waals surface area contributed by atoms with Gasteiger partial charge in [0.1, 0.15) is 17.7 Å². The molecular weight excluding hydrogens is 569 g/mol. The Morgan fingerprint density at radius 1 is 1.05 bits per heavy atom. The predicted octanol–water partition coefficient (Wildman–Crippen LogP) is 3.82. The van der Waals surface area contributed by atoms with Crippen LogP contribution in [0.2, 0.25) is 0 Å². The van der Waals surface area contributed by atoms with Crippen molar-refractivity contribution in [1.82, 2.24) is 14.9 Å². The van der Waals surface area contributed by atoms with Crippen molar-refractivity contribution >= 4 is 27.7 Å². The van der Waals surface area contributed by atoms with Gasteiger partial charge in [-0.2, -0.15) is 4.72 Å². The minimum absolute atomic E-state index is 0.0102. The van der Waals surface area contributed by atoms with Crippen LogP contribution in [-0.4, -0.2) is 57.1 Å². The number of nitrogen functional groups attached to an aromatic ring is 1. The van der Waals surface area contributed by atoms with Gasteiger partial charge in [0, 0.05) is 37.7 Å². The number of piperidine rings is 1. The van der Waals surface area contributed by atoms with Crippen LogP contribution in [-0.2, 0) is 26.0 Å². The lowest BCUT2D eigenvalue weighted by atomic mass is 9.91. The van der Waals surface area contributed by atoms with Crippen LogP contribution in [0.25, 0.3) is 11.1 Å². The van der Waals surface area contributed by atoms with Gasteiger partial charge in [-0.3, -0.25) is 15.0 Å². The molecule has 1 aliphatic heterocycles. The van der Waals surface area contributed by atoms with Crippen LogP contribution in [0.5, 0.6) is 0 Å². The maximum Gasteiger partial charge on any atom is 0.241 e. The summed E-state index contributed by atoms with van der Waals surface area (Å²) >= 11 is 0. The van der Waals surface area contributed by atoms with Crippen LogP contribution < -0.4 is 15.8 Å². The fraction of sp³-hybridized carbons (Fsp3) is 0.344. The molecule has 0 bridgehead atoms. The Kier molecular flexibility index (Phi) is 10.7. The fourth-order valence-corrected chi connectivity index (χ4v) is 6.64. The number of sulfonamides is 1. The number of amides is 2. The standard InChI is InChI=1S/C32H38FN5O4S/c1-36-30(39)14-5-7-22-15-17-38(18-16-22)32(40)29(20-23-8-4-10-25(19-23)31(34)35)37-43(41,42)26-11-6-9-24(21-26)27-12-2-3-13-28(27)33/h2-4,6,8-13,19,21-22,29,37H,5,7,14-18,20H2,1H3,(H3,34,35)(H,36,39)/t29-/m0/s1. The molecule has 1 heterocycles. The van der Waals surface area contributed by atoms with Gasteiger partial charge in [0.05, 0.1) is 4.90 Å². The van der Waals surface area contributed by atoms with Crippen molar-refractivity contribution in [3.05, 3.63) is 89.7 Å². The van der Waals surface area contributed by atoms with Crippen LogP contribution in [0, 0.1) is 17.1 Å². The van der Waals surface area contributed by atoms with Gasteiger partial charge < -0.3 is 16.0 Å². The van der Waals surface area contributed by atoms with E-state index in [1.54, 1.807) is 66.5 Å². The minimum Gasteiger partial charge on any atom is -0.384 e. The Hall–Kier alpha value is -4.09. The zero-order valence-electron chi connectivity index (χ0n) is 24.2. The highest BCUT2D eigenvalue weighted by Crippen LogP contribution is 2.26. The molecule has 4 rings (SSSR count). The molecule has 3 aromatic rings. The smallest absolute Gasteiger partial charge is 0.241 e. The Balaban J connectivity index is 1.54. The number of nitrogens with one attached hydrogen (secondary N) is 3. The number of amidine groups is 1. The summed E-state index contributed by atoms with van der Waals surface area (Å²) in [6, 6.07) is 17.8. The second kappa shape index (κ2) is 14.4. The average Bonchev–Trinajstić information content (AvgIpc) is 3.01. The van der Waals surface area contributed by atoms with E-state index in [1.807, 2.05) is 0 Å². The lowest BCUT2D eigenvalue weighted by Crippen LogP contribution is -2.51. The molecule has 1 aliphatic rings. The minimum atomic E-state index is -4.19. The molecule has 1 saturated heterocycles. The van der Waals surface area contributed by atoms with Gasteiger partial charge in [0.2, 0.25) is 21.8 Å². The highest BCUT2D eigenvalue weighted by Gasteiger charge is 2.32. The molecule has 1 fully saturated rings. The molecule has 3 aromatic carbocycles. The quantitative estimate of drug-likeness (QED) is 0.183. The highest BCUT2D eigenvalue weighted by atomic mass is 32.2. The van der Waals surface area contributed by atoms with Crippen LogP contribution >= 0.6 is 0 Å². The number of hydrogen-bond donors (Lipinski definition) is 4. The van der Waals surface area contributed by atoms with Crippen molar-refractivity contribution < 1.29 is 22.4 Å². The van der Waals surface area contributed by atoms with E-state index in [1.165, 1.54) is 18.2 Å². The van der Waals surface area contributed by atoms with E-state index in [-0.39, 0.29) is 34.5 Å². The maximum atomic E-state index is 14.4. The molecule has 11 heteroatoms. The molecule has 228 valence electrons. The van der Waals surface area contributed by atoms with Gasteiger partial charge in [-0.25, -0.2) is 12.8 Å². The molecule has 2 amide bonds. The summed E-state index contributed by atoms with van der Waals surface area (Å²) in [5.41, 5.74) is 7.45. The highest BCUT2D eigenvalue weighted by molar-refractivity contribution is 7.89. The van der Waals surface area contributed by atoms with Gasteiger partial charge in [-0.05, 0) is 73.4 Å². The normalized spacial score (nSPS) is 14.7. The number of hydrogen-bond acceptors (Lipinski definition) is 5. The van der Waals surface area contributed by atoms with E-state index in [4.69, 9.17) is 11.1 Å². The van der Waals surface area contributed by atoms with Crippen molar-refractivity contribution in [2.45, 2.75) is 49.5 Å². The number of likely N-dealkylation sites (tertiary alicyclic amines) is 1. The van der Waals surface area contributed by atoms with E-state index >= 15 is 0 Å². The molecule has 0 aliphatic carbocycles. The first-order valence-electron chi connectivity index (χ1n) is 14.4. The number of halogens is 1. The first-order chi connectivity index (χ1) is 20.6. The largest absolute Gasteiger partial charge is 0.384 e. The lowest BCUT2D eigenvalue weighted by Gasteiger charge is -2.34. The molecule has 5 N–H and O–H groups in total. The second-order valence-corrected chi connectivity index (χ2v) is 12.5. The average molecular weight is 608 g/mol. The monoisotopic (exact) mass is 607 g/mol. The summed E-state index contributed by atoms with van der Waals surface area (Å²) in [6.45, 7) is 0.968. The third-order valence-corrected chi connectivity index (χ3v) is 9.29. The van der Waals surface area contributed by atoms with E-state index in [2.05, 4.69) is 10.0 Å². The summed E-state index contributed by atoms with van der Waals surface area (Å²) in [4.78, 5) is 27.0. The van der Waals surface area contributed by atoms with Gasteiger partial charge in [0.25, 0.3) is 0 Å². The molecule has 0 radical (unpaired) electrons. The number of rotatable bonds is 12. The van der Waals surface area contributed by atoms with E-state index in [0.29, 0.717) is 42.1 Å².